The van der Waals surface area contributed by atoms with E-state index in [1.54, 1.807) is 4.90 Å². The molecule has 136 valence electrons. The standard InChI is InChI=1S/C22H26N2O2/c1-17-8-6-7-11-19(17)13-15-24-20(25)12-14-22(24,2)21(26)23-16-18-9-4-3-5-10-18/h3-11H,12-16H2,1-2H3,(H,23,26)/t22-/m1/s1. The molecular formula is C22H26N2O2. The third-order valence-electron chi connectivity index (χ3n) is 5.37. The number of hydrogen-bond acceptors (Lipinski definition) is 2. The van der Waals surface area contributed by atoms with Crippen LogP contribution in [0.5, 0.6) is 0 Å². The largest absolute Gasteiger partial charge is 0.350 e. The Bertz CT molecular complexity index is 788. The highest BCUT2D eigenvalue weighted by Gasteiger charge is 2.46. The summed E-state index contributed by atoms with van der Waals surface area (Å²) in [7, 11) is 0. The van der Waals surface area contributed by atoms with E-state index in [0.29, 0.717) is 25.9 Å². The predicted octanol–water partition coefficient (Wildman–Crippen LogP) is 3.24. The molecule has 1 N–H and O–H groups in total. The van der Waals surface area contributed by atoms with Crippen LogP contribution in [0, 0.1) is 6.92 Å². The Morgan fingerprint density at radius 2 is 1.81 bits per heavy atom. The first-order valence-corrected chi connectivity index (χ1v) is 9.18. The Morgan fingerprint density at radius 1 is 1.12 bits per heavy atom. The topological polar surface area (TPSA) is 49.4 Å². The molecule has 0 aliphatic carbocycles. The summed E-state index contributed by atoms with van der Waals surface area (Å²) in [6.45, 7) is 5.01. The molecule has 0 spiro atoms. The molecule has 2 amide bonds. The lowest BCUT2D eigenvalue weighted by atomic mass is 9.96. The van der Waals surface area contributed by atoms with E-state index in [-0.39, 0.29) is 11.8 Å². The average Bonchev–Trinajstić information content (AvgIpc) is 2.95. The molecule has 1 atom stereocenters. The van der Waals surface area contributed by atoms with Gasteiger partial charge in [-0.05, 0) is 43.4 Å². The number of rotatable bonds is 6. The highest BCUT2D eigenvalue weighted by Crippen LogP contribution is 2.30. The number of hydrogen-bond donors (Lipinski definition) is 1. The molecule has 4 heteroatoms. The summed E-state index contributed by atoms with van der Waals surface area (Å²) in [4.78, 5) is 27.1. The van der Waals surface area contributed by atoms with Crippen molar-refractivity contribution in [1.29, 1.82) is 0 Å². The molecule has 1 aliphatic heterocycles. The van der Waals surface area contributed by atoms with Crippen LogP contribution < -0.4 is 5.32 Å². The average molecular weight is 350 g/mol. The van der Waals surface area contributed by atoms with Gasteiger partial charge in [-0.15, -0.1) is 0 Å². The van der Waals surface area contributed by atoms with Gasteiger partial charge < -0.3 is 10.2 Å². The van der Waals surface area contributed by atoms with Crippen molar-refractivity contribution in [2.24, 2.45) is 0 Å². The SMILES string of the molecule is Cc1ccccc1CCN1C(=O)CC[C@]1(C)C(=O)NCc1ccccc1. The summed E-state index contributed by atoms with van der Waals surface area (Å²) in [6.07, 6.45) is 1.77. The quantitative estimate of drug-likeness (QED) is 0.869. The molecule has 0 radical (unpaired) electrons. The number of carbonyl (C=O) groups is 2. The highest BCUT2D eigenvalue weighted by atomic mass is 16.2. The number of aryl methyl sites for hydroxylation is 1. The van der Waals surface area contributed by atoms with Crippen LogP contribution in [0.2, 0.25) is 0 Å². The second-order valence-electron chi connectivity index (χ2n) is 7.16. The summed E-state index contributed by atoms with van der Waals surface area (Å²) >= 11 is 0. The molecule has 1 aliphatic rings. The minimum absolute atomic E-state index is 0.0657. The van der Waals surface area contributed by atoms with Gasteiger partial charge in [-0.2, -0.15) is 0 Å². The first-order chi connectivity index (χ1) is 12.5. The molecule has 0 saturated carbocycles. The van der Waals surface area contributed by atoms with Crippen LogP contribution >= 0.6 is 0 Å². The van der Waals surface area contributed by atoms with Crippen LogP contribution in [-0.4, -0.2) is 28.8 Å². The van der Waals surface area contributed by atoms with E-state index >= 15 is 0 Å². The monoisotopic (exact) mass is 350 g/mol. The zero-order valence-corrected chi connectivity index (χ0v) is 15.5. The number of nitrogens with zero attached hydrogens (tertiary/aromatic N) is 1. The lowest BCUT2D eigenvalue weighted by Crippen LogP contribution is -2.54. The fraction of sp³-hybridized carbons (Fsp3) is 0.364. The first-order valence-electron chi connectivity index (χ1n) is 9.18. The van der Waals surface area contributed by atoms with Gasteiger partial charge in [0.05, 0.1) is 0 Å². The number of likely N-dealkylation sites (tertiary alicyclic amines) is 1. The highest BCUT2D eigenvalue weighted by molar-refractivity contribution is 5.94. The maximum absolute atomic E-state index is 12.9. The van der Waals surface area contributed by atoms with Crippen molar-refractivity contribution < 1.29 is 9.59 Å². The van der Waals surface area contributed by atoms with Gasteiger partial charge in [0.1, 0.15) is 5.54 Å². The molecule has 1 heterocycles. The van der Waals surface area contributed by atoms with E-state index in [0.717, 1.165) is 12.0 Å². The van der Waals surface area contributed by atoms with Crippen molar-refractivity contribution >= 4 is 11.8 Å². The van der Waals surface area contributed by atoms with E-state index in [4.69, 9.17) is 0 Å². The van der Waals surface area contributed by atoms with Gasteiger partial charge in [0, 0.05) is 19.5 Å². The van der Waals surface area contributed by atoms with Crippen LogP contribution in [0.4, 0.5) is 0 Å². The lowest BCUT2D eigenvalue weighted by molar-refractivity contribution is -0.140. The normalized spacial score (nSPS) is 19.6. The number of nitrogens with one attached hydrogen (secondary N) is 1. The maximum Gasteiger partial charge on any atom is 0.245 e. The third-order valence-corrected chi connectivity index (χ3v) is 5.37. The van der Waals surface area contributed by atoms with Gasteiger partial charge in [0.25, 0.3) is 0 Å². The molecule has 3 rings (SSSR count). The molecule has 1 fully saturated rings. The smallest absolute Gasteiger partial charge is 0.245 e. The molecular weight excluding hydrogens is 324 g/mol. The minimum atomic E-state index is -0.769. The van der Waals surface area contributed by atoms with Gasteiger partial charge in [-0.1, -0.05) is 54.6 Å². The molecule has 0 bridgehead atoms. The van der Waals surface area contributed by atoms with Crippen LogP contribution in [0.15, 0.2) is 54.6 Å². The molecule has 0 unspecified atom stereocenters. The second kappa shape index (κ2) is 7.73. The van der Waals surface area contributed by atoms with Crippen molar-refractivity contribution in [3.8, 4) is 0 Å². The second-order valence-corrected chi connectivity index (χ2v) is 7.16. The van der Waals surface area contributed by atoms with Crippen LogP contribution in [0.25, 0.3) is 0 Å². The summed E-state index contributed by atoms with van der Waals surface area (Å²) in [5, 5.41) is 3.01. The first kappa shape index (κ1) is 18.2. The zero-order chi connectivity index (χ0) is 18.6. The van der Waals surface area contributed by atoms with E-state index in [9.17, 15) is 9.59 Å². The summed E-state index contributed by atoms with van der Waals surface area (Å²) < 4.78 is 0. The Morgan fingerprint density at radius 3 is 2.54 bits per heavy atom. The van der Waals surface area contributed by atoms with Crippen LogP contribution in [0.1, 0.15) is 36.5 Å². The van der Waals surface area contributed by atoms with Crippen molar-refractivity contribution in [2.45, 2.75) is 45.2 Å². The zero-order valence-electron chi connectivity index (χ0n) is 15.5. The van der Waals surface area contributed by atoms with Gasteiger partial charge in [-0.3, -0.25) is 9.59 Å². The van der Waals surface area contributed by atoms with Gasteiger partial charge >= 0.3 is 0 Å². The van der Waals surface area contributed by atoms with Gasteiger partial charge in [0.15, 0.2) is 0 Å². The number of amides is 2. The minimum Gasteiger partial charge on any atom is -0.350 e. The Hall–Kier alpha value is -2.62. The number of benzene rings is 2. The predicted molar refractivity (Wildman–Crippen MR) is 103 cm³/mol. The molecule has 2 aromatic rings. The van der Waals surface area contributed by atoms with Gasteiger partial charge in [-0.25, -0.2) is 0 Å². The fourth-order valence-corrected chi connectivity index (χ4v) is 3.59. The molecule has 26 heavy (non-hydrogen) atoms. The van der Waals surface area contributed by atoms with Crippen molar-refractivity contribution in [3.05, 3.63) is 71.3 Å². The third kappa shape index (κ3) is 3.79. The Kier molecular flexibility index (Phi) is 5.40. The van der Waals surface area contributed by atoms with Crippen molar-refractivity contribution in [3.63, 3.8) is 0 Å². The van der Waals surface area contributed by atoms with E-state index in [1.165, 1.54) is 11.1 Å². The summed E-state index contributed by atoms with van der Waals surface area (Å²) in [6, 6.07) is 18.0. The Labute approximate surface area is 155 Å². The molecule has 1 saturated heterocycles. The molecule has 2 aromatic carbocycles. The summed E-state index contributed by atoms with van der Waals surface area (Å²) in [5.74, 6) is -0.00654. The van der Waals surface area contributed by atoms with Crippen molar-refractivity contribution in [1.82, 2.24) is 10.2 Å². The van der Waals surface area contributed by atoms with Crippen molar-refractivity contribution in [2.75, 3.05) is 6.54 Å². The summed E-state index contributed by atoms with van der Waals surface area (Å²) in [5.41, 5.74) is 2.73. The van der Waals surface area contributed by atoms with Crippen LogP contribution in [-0.2, 0) is 22.6 Å². The number of carbonyl (C=O) groups excluding carboxylic acids is 2. The Balaban J connectivity index is 1.66. The maximum atomic E-state index is 12.9. The van der Waals surface area contributed by atoms with Crippen LogP contribution in [0.3, 0.4) is 0 Å². The van der Waals surface area contributed by atoms with E-state index in [2.05, 4.69) is 24.4 Å². The van der Waals surface area contributed by atoms with E-state index in [1.807, 2.05) is 49.4 Å². The fourth-order valence-electron chi connectivity index (χ4n) is 3.59. The van der Waals surface area contributed by atoms with E-state index < -0.39 is 5.54 Å². The molecule has 4 nitrogen and oxygen atoms in total. The lowest BCUT2D eigenvalue weighted by Gasteiger charge is -2.34. The molecule has 0 aromatic heterocycles. The van der Waals surface area contributed by atoms with Gasteiger partial charge in [0.2, 0.25) is 11.8 Å².